The van der Waals surface area contributed by atoms with Gasteiger partial charge in [-0.2, -0.15) is 0 Å². The van der Waals surface area contributed by atoms with Crippen LogP contribution in [-0.4, -0.2) is 12.4 Å². The van der Waals surface area contributed by atoms with Gasteiger partial charge in [0.15, 0.2) is 0 Å². The van der Waals surface area contributed by atoms with Crippen molar-refractivity contribution in [3.63, 3.8) is 0 Å². The van der Waals surface area contributed by atoms with E-state index in [0.717, 1.165) is 5.92 Å². The Kier molecular flexibility index (Phi) is 0.994. The van der Waals surface area contributed by atoms with Crippen LogP contribution in [0.15, 0.2) is 0 Å². The summed E-state index contributed by atoms with van der Waals surface area (Å²) in [5.74, 6) is 0.875. The molecular weight excluding hydrogens is 86.1 g/mol. The molecule has 0 bridgehead atoms. The normalized spacial score (nSPS) is 28.7. The number of hydrogen-bond donors (Lipinski definition) is 0. The summed E-state index contributed by atoms with van der Waals surface area (Å²) in [5, 5.41) is 0. The van der Waals surface area contributed by atoms with Crippen molar-refractivity contribution in [3.8, 4) is 0 Å². The van der Waals surface area contributed by atoms with Crippen LogP contribution in [0.3, 0.4) is 0 Å². The van der Waals surface area contributed by atoms with Gasteiger partial charge < -0.3 is 0 Å². The molecule has 1 fully saturated rings. The lowest BCUT2D eigenvalue weighted by atomic mass is 9.85. The van der Waals surface area contributed by atoms with Crippen molar-refractivity contribution >= 4 is 12.4 Å². The summed E-state index contributed by atoms with van der Waals surface area (Å²) >= 11 is 0. The van der Waals surface area contributed by atoms with Gasteiger partial charge in [-0.05, 0) is 5.92 Å². The lowest BCUT2D eigenvalue weighted by Gasteiger charge is -2.12. The molecule has 0 radical (unpaired) electrons. The first-order valence-electron chi connectivity index (χ1n) is 2.64. The van der Waals surface area contributed by atoms with E-state index in [0.29, 0.717) is 0 Å². The molecule has 1 heteroatoms. The van der Waals surface area contributed by atoms with Crippen molar-refractivity contribution in [2.45, 2.75) is 19.8 Å². The Bertz CT molecular complexity index is 112. The fourth-order valence-electron chi connectivity index (χ4n) is 0.874. The average molecular weight is 96.2 g/mol. The molecule has 0 atom stereocenters. The van der Waals surface area contributed by atoms with E-state index in [9.17, 15) is 0 Å². The molecule has 0 aromatic rings. The first kappa shape index (κ1) is 4.61. The van der Waals surface area contributed by atoms with Crippen LogP contribution in [0.1, 0.15) is 19.8 Å². The van der Waals surface area contributed by atoms with E-state index in [1.54, 1.807) is 0 Å². The van der Waals surface area contributed by atoms with Crippen molar-refractivity contribution in [3.05, 3.63) is 0 Å². The third-order valence-corrected chi connectivity index (χ3v) is 1.39. The van der Waals surface area contributed by atoms with E-state index in [-0.39, 0.29) is 0 Å². The molecule has 1 aliphatic carbocycles. The molecule has 0 N–H and O–H groups in total. The van der Waals surface area contributed by atoms with Crippen LogP contribution in [0.5, 0.6) is 0 Å². The molecular formula is C6H10N+. The summed E-state index contributed by atoms with van der Waals surface area (Å²) in [6.07, 6.45) is 2.37. The summed E-state index contributed by atoms with van der Waals surface area (Å²) in [5.41, 5.74) is 1.28. The maximum Gasteiger partial charge on any atom is 0.280 e. The van der Waals surface area contributed by atoms with Gasteiger partial charge in [-0.1, -0.05) is 6.92 Å². The smallest absolute Gasteiger partial charge is 0.111 e. The second kappa shape index (κ2) is 1.51. The molecule has 1 rings (SSSR count). The topological polar surface area (TPSA) is 14.1 Å². The van der Waals surface area contributed by atoms with E-state index in [2.05, 4.69) is 18.3 Å². The van der Waals surface area contributed by atoms with Crippen molar-refractivity contribution in [2.24, 2.45) is 5.92 Å². The van der Waals surface area contributed by atoms with Crippen LogP contribution in [-0.2, 0) is 0 Å². The van der Waals surface area contributed by atoms with Gasteiger partial charge in [-0.3, -0.25) is 0 Å². The van der Waals surface area contributed by atoms with Gasteiger partial charge in [0.05, 0.1) is 0 Å². The highest BCUT2D eigenvalue weighted by molar-refractivity contribution is 5.89. The molecule has 1 aliphatic rings. The van der Waals surface area contributed by atoms with E-state index in [1.165, 1.54) is 18.6 Å². The Hall–Kier alpha value is -0.550. The summed E-state index contributed by atoms with van der Waals surface area (Å²) in [6.45, 7) is 5.66. The number of rotatable bonds is 0. The van der Waals surface area contributed by atoms with Crippen LogP contribution in [0.4, 0.5) is 0 Å². The molecule has 0 spiro atoms. The zero-order chi connectivity index (χ0) is 5.28. The largest absolute Gasteiger partial charge is 0.280 e. The molecule has 0 aromatic carbocycles. The van der Waals surface area contributed by atoms with Gasteiger partial charge in [0, 0.05) is 12.8 Å². The van der Waals surface area contributed by atoms with Crippen molar-refractivity contribution in [1.82, 2.24) is 4.67 Å². The lowest BCUT2D eigenvalue weighted by Crippen LogP contribution is -2.22. The molecule has 0 aromatic heterocycles. The van der Waals surface area contributed by atoms with Gasteiger partial charge in [0.25, 0.3) is 12.4 Å². The second-order valence-electron chi connectivity index (χ2n) is 2.24. The predicted octanol–water partition coefficient (Wildman–Crippen LogP) is 0.625. The second-order valence-corrected chi connectivity index (χ2v) is 2.24. The maximum absolute atomic E-state index is 3.81. The Labute approximate surface area is 43.8 Å². The standard InChI is InChI=1S/C6H10N/c1-5-3-6(4-5)7-2/h5H,2-4H2,1H3/q+1. The van der Waals surface area contributed by atoms with Crippen LogP contribution >= 0.6 is 0 Å². The van der Waals surface area contributed by atoms with Gasteiger partial charge in [0.2, 0.25) is 0 Å². The molecule has 7 heavy (non-hydrogen) atoms. The maximum atomic E-state index is 3.81. The SMILES string of the molecule is C=[N+]=C1CC(C)C1. The summed E-state index contributed by atoms with van der Waals surface area (Å²) in [6, 6.07) is 0. The molecule has 1 nitrogen and oxygen atoms in total. The molecule has 0 unspecified atom stereocenters. The van der Waals surface area contributed by atoms with Gasteiger partial charge in [-0.15, -0.1) is 4.67 Å². The zero-order valence-electron chi connectivity index (χ0n) is 4.65. The van der Waals surface area contributed by atoms with Crippen LogP contribution in [0, 0.1) is 5.92 Å². The van der Waals surface area contributed by atoms with Crippen LogP contribution < -0.4 is 4.67 Å². The minimum absolute atomic E-state index is 0.875. The predicted molar refractivity (Wildman–Crippen MR) is 32.7 cm³/mol. The molecule has 0 amide bonds. The fraction of sp³-hybridized carbons (Fsp3) is 0.667. The molecule has 0 aliphatic heterocycles. The Morgan fingerprint density at radius 3 is 2.43 bits per heavy atom. The highest BCUT2D eigenvalue weighted by Gasteiger charge is 2.27. The average Bonchev–Trinajstić information content (AvgIpc) is 1.58. The van der Waals surface area contributed by atoms with Crippen molar-refractivity contribution in [2.75, 3.05) is 0 Å². The monoisotopic (exact) mass is 96.1 g/mol. The van der Waals surface area contributed by atoms with E-state index in [1.807, 2.05) is 0 Å². The minimum atomic E-state index is 0.875. The summed E-state index contributed by atoms with van der Waals surface area (Å²) in [7, 11) is 0. The summed E-state index contributed by atoms with van der Waals surface area (Å²) < 4.78 is 3.81. The molecule has 1 saturated carbocycles. The van der Waals surface area contributed by atoms with Gasteiger partial charge in [-0.25, -0.2) is 0 Å². The lowest BCUT2D eigenvalue weighted by molar-refractivity contribution is 0.555. The van der Waals surface area contributed by atoms with Crippen LogP contribution in [0.25, 0.3) is 0 Å². The van der Waals surface area contributed by atoms with E-state index >= 15 is 0 Å². The first-order valence-corrected chi connectivity index (χ1v) is 2.64. The van der Waals surface area contributed by atoms with Gasteiger partial charge in [0.1, 0.15) is 0 Å². The third kappa shape index (κ3) is 0.726. The zero-order valence-corrected chi connectivity index (χ0v) is 4.65. The number of hydrogen-bond acceptors (Lipinski definition) is 0. The Morgan fingerprint density at radius 2 is 2.29 bits per heavy atom. The third-order valence-electron chi connectivity index (χ3n) is 1.39. The fourth-order valence-corrected chi connectivity index (χ4v) is 0.874. The quantitative estimate of drug-likeness (QED) is 0.310. The Morgan fingerprint density at radius 1 is 1.71 bits per heavy atom. The first-order chi connectivity index (χ1) is 3.33. The van der Waals surface area contributed by atoms with Gasteiger partial charge >= 0.3 is 0 Å². The van der Waals surface area contributed by atoms with E-state index in [4.69, 9.17) is 0 Å². The highest BCUT2D eigenvalue weighted by Crippen LogP contribution is 2.20. The minimum Gasteiger partial charge on any atom is -0.111 e. The Balaban J connectivity index is 2.45. The molecule has 0 saturated heterocycles. The molecule has 38 valence electrons. The highest BCUT2D eigenvalue weighted by atomic mass is 14.6. The van der Waals surface area contributed by atoms with Crippen molar-refractivity contribution in [1.29, 1.82) is 0 Å². The summed E-state index contributed by atoms with van der Waals surface area (Å²) in [4.78, 5) is 0. The van der Waals surface area contributed by atoms with Crippen LogP contribution in [0.2, 0.25) is 0 Å². The molecule has 0 heterocycles. The van der Waals surface area contributed by atoms with E-state index < -0.39 is 0 Å². The van der Waals surface area contributed by atoms with Crippen molar-refractivity contribution < 1.29 is 0 Å². The number of nitrogens with zero attached hydrogens (tertiary/aromatic N) is 1.